The van der Waals surface area contributed by atoms with Crippen LogP contribution in [-0.4, -0.2) is 54.8 Å². The zero-order valence-electron chi connectivity index (χ0n) is 23.3. The molecule has 2 atom stereocenters. The molecule has 5 heterocycles. The maximum atomic E-state index is 15.4. The predicted octanol–water partition coefficient (Wildman–Crippen LogP) is 5.19. The number of piperidine rings is 1. The van der Waals surface area contributed by atoms with Crippen LogP contribution in [0.2, 0.25) is 0 Å². The summed E-state index contributed by atoms with van der Waals surface area (Å²) in [7, 11) is 0. The number of aromatic nitrogens is 4. The van der Waals surface area contributed by atoms with Crippen molar-refractivity contribution in [3.8, 4) is 17.0 Å². The van der Waals surface area contributed by atoms with E-state index in [1.54, 1.807) is 6.07 Å². The summed E-state index contributed by atoms with van der Waals surface area (Å²) in [6, 6.07) is 6.28. The van der Waals surface area contributed by atoms with Crippen molar-refractivity contribution in [3.63, 3.8) is 0 Å². The van der Waals surface area contributed by atoms with Gasteiger partial charge in [-0.05, 0) is 62.4 Å². The molecule has 3 N–H and O–H groups in total. The van der Waals surface area contributed by atoms with E-state index in [-0.39, 0.29) is 52.4 Å². The Hall–Kier alpha value is -4.75. The highest BCUT2D eigenvalue weighted by molar-refractivity contribution is 6.04. The maximum absolute atomic E-state index is 15.4. The molecule has 0 spiro atoms. The molecule has 14 heteroatoms. The molecule has 0 radical (unpaired) electrons. The Morgan fingerprint density at radius 2 is 1.89 bits per heavy atom. The molecule has 3 aromatic heterocycles. The number of imidazole rings is 1. The Bertz CT molecular complexity index is 1800. The van der Waals surface area contributed by atoms with Crippen LogP contribution in [0.3, 0.4) is 0 Å². The van der Waals surface area contributed by atoms with Gasteiger partial charge in [-0.3, -0.25) is 14.0 Å². The number of benzene rings is 1. The molecule has 1 unspecified atom stereocenters. The molecule has 0 bridgehead atoms. The minimum atomic E-state index is -4.60. The fourth-order valence-corrected chi connectivity index (χ4v) is 6.06. The van der Waals surface area contributed by atoms with Gasteiger partial charge in [0, 0.05) is 42.2 Å². The van der Waals surface area contributed by atoms with E-state index in [0.29, 0.717) is 36.5 Å². The molecular weight excluding hydrogens is 582 g/mol. The molecule has 4 aromatic rings. The van der Waals surface area contributed by atoms with E-state index in [0.717, 1.165) is 50.2 Å². The number of nitrogens with zero attached hydrogens (tertiary/aromatic N) is 5. The number of nitrogens with two attached hydrogens (primary N) is 1. The number of hydrogen-bond donors (Lipinski definition) is 2. The highest BCUT2D eigenvalue weighted by atomic mass is 19.4. The first kappa shape index (κ1) is 28.0. The lowest BCUT2D eigenvalue weighted by atomic mass is 9.92. The van der Waals surface area contributed by atoms with Gasteiger partial charge in [-0.1, -0.05) is 0 Å². The smallest absolute Gasteiger partial charge is 0.416 e. The van der Waals surface area contributed by atoms with Crippen LogP contribution in [0.25, 0.3) is 16.8 Å². The third kappa shape index (κ3) is 5.07. The lowest BCUT2D eigenvalue weighted by molar-refractivity contribution is -0.137. The number of anilines is 2. The molecular formula is C30H27F4N7O3. The van der Waals surface area contributed by atoms with Gasteiger partial charge in [0.25, 0.3) is 5.91 Å². The van der Waals surface area contributed by atoms with Crippen LogP contribution < -0.4 is 15.8 Å². The van der Waals surface area contributed by atoms with E-state index in [9.17, 15) is 22.8 Å². The Morgan fingerprint density at radius 1 is 1.07 bits per heavy atom. The van der Waals surface area contributed by atoms with Crippen molar-refractivity contribution in [3.05, 3.63) is 65.6 Å². The average Bonchev–Trinajstić information content (AvgIpc) is 3.60. The van der Waals surface area contributed by atoms with Crippen molar-refractivity contribution in [2.24, 2.45) is 0 Å². The largest absolute Gasteiger partial charge is 0.490 e. The average molecular weight is 610 g/mol. The van der Waals surface area contributed by atoms with E-state index < -0.39 is 23.6 Å². The second-order valence-corrected chi connectivity index (χ2v) is 11.4. The van der Waals surface area contributed by atoms with Gasteiger partial charge in [-0.15, -0.1) is 0 Å². The van der Waals surface area contributed by atoms with Gasteiger partial charge in [0.05, 0.1) is 17.9 Å². The number of ether oxygens (including phenoxy) is 1. The standard InChI is InChI=1S/C30H27F4N7O3/c31-22-13-37-27(35)26-25(39-28(41(22)26)16-1-3-18-4-8-24(42)40(18)14-16)20-7-2-15(11-21(20)44-19-5-6-19)29(43)38-23-12-17(9-10-36-23)30(32,33)34/h2,7,9-13,16,18-19H,1,3-6,8,14H2,(H2,35,37)(H,36,38,43)/t16-,18?/m1/s1. The summed E-state index contributed by atoms with van der Waals surface area (Å²) in [6.45, 7) is 0.415. The van der Waals surface area contributed by atoms with Crippen LogP contribution >= 0.6 is 0 Å². The minimum absolute atomic E-state index is 0.0425. The SMILES string of the molecule is Nc1ncc(F)n2c([C@@H]3CCC4CCC(=O)N4C3)nc(-c3ccc(C(=O)Nc4cc(C(F)(F)F)ccn4)cc3OC3CC3)c12. The highest BCUT2D eigenvalue weighted by Crippen LogP contribution is 2.42. The second-order valence-electron chi connectivity index (χ2n) is 11.4. The normalized spacial score (nSPS) is 20.2. The number of alkyl halides is 3. The zero-order chi connectivity index (χ0) is 30.7. The first-order valence-corrected chi connectivity index (χ1v) is 14.3. The number of nitrogens with one attached hydrogen (secondary N) is 1. The second kappa shape index (κ2) is 10.5. The van der Waals surface area contributed by atoms with E-state index in [4.69, 9.17) is 15.5 Å². The molecule has 2 amide bonds. The Morgan fingerprint density at radius 3 is 2.66 bits per heavy atom. The number of amides is 2. The number of hydrogen-bond acceptors (Lipinski definition) is 7. The molecule has 3 fully saturated rings. The number of pyridine rings is 1. The number of carbonyl (C=O) groups is 2. The van der Waals surface area contributed by atoms with Crippen molar-refractivity contribution in [1.82, 2.24) is 24.3 Å². The summed E-state index contributed by atoms with van der Waals surface area (Å²) in [5.41, 5.74) is 6.44. The molecule has 7 rings (SSSR count). The van der Waals surface area contributed by atoms with Crippen molar-refractivity contribution >= 4 is 29.0 Å². The number of nitrogen functional groups attached to an aromatic ring is 1. The first-order valence-electron chi connectivity index (χ1n) is 14.3. The molecule has 10 nitrogen and oxygen atoms in total. The maximum Gasteiger partial charge on any atom is 0.416 e. The van der Waals surface area contributed by atoms with Crippen molar-refractivity contribution in [2.45, 2.75) is 62.8 Å². The quantitative estimate of drug-likeness (QED) is 0.288. The van der Waals surface area contributed by atoms with Crippen LogP contribution in [0.15, 0.2) is 42.7 Å². The number of fused-ring (bicyclic) bond motifs is 2. The van der Waals surface area contributed by atoms with Gasteiger partial charge in [0.15, 0.2) is 0 Å². The molecule has 44 heavy (non-hydrogen) atoms. The van der Waals surface area contributed by atoms with Gasteiger partial charge >= 0.3 is 6.18 Å². The van der Waals surface area contributed by atoms with Crippen molar-refractivity contribution < 1.29 is 31.9 Å². The van der Waals surface area contributed by atoms with E-state index in [1.165, 1.54) is 16.5 Å². The highest BCUT2D eigenvalue weighted by Gasteiger charge is 2.39. The van der Waals surface area contributed by atoms with Gasteiger partial charge in [-0.2, -0.15) is 17.6 Å². The molecule has 3 aliphatic rings. The summed E-state index contributed by atoms with van der Waals surface area (Å²) < 4.78 is 62.4. The fraction of sp³-hybridized carbons (Fsp3) is 0.367. The van der Waals surface area contributed by atoms with Gasteiger partial charge in [-0.25, -0.2) is 15.0 Å². The Kier molecular flexibility index (Phi) is 6.66. The lowest BCUT2D eigenvalue weighted by Gasteiger charge is -2.34. The van der Waals surface area contributed by atoms with Crippen LogP contribution in [0, 0.1) is 5.95 Å². The molecule has 1 aliphatic carbocycles. The summed E-state index contributed by atoms with van der Waals surface area (Å²) in [5, 5.41) is 2.40. The van der Waals surface area contributed by atoms with Crippen LogP contribution in [-0.2, 0) is 11.0 Å². The third-order valence-electron chi connectivity index (χ3n) is 8.40. The van der Waals surface area contributed by atoms with E-state index in [2.05, 4.69) is 15.3 Å². The zero-order valence-corrected chi connectivity index (χ0v) is 23.3. The van der Waals surface area contributed by atoms with E-state index in [1.807, 2.05) is 4.90 Å². The van der Waals surface area contributed by atoms with Gasteiger partial charge in [0.2, 0.25) is 11.9 Å². The van der Waals surface area contributed by atoms with Crippen molar-refractivity contribution in [2.75, 3.05) is 17.6 Å². The van der Waals surface area contributed by atoms with Gasteiger partial charge < -0.3 is 20.7 Å². The monoisotopic (exact) mass is 609 g/mol. The predicted molar refractivity (Wildman–Crippen MR) is 150 cm³/mol. The minimum Gasteiger partial charge on any atom is -0.490 e. The summed E-state index contributed by atoms with van der Waals surface area (Å²) in [5.74, 6) is -1.05. The van der Waals surface area contributed by atoms with Crippen molar-refractivity contribution in [1.29, 1.82) is 0 Å². The summed E-state index contributed by atoms with van der Waals surface area (Å²) in [4.78, 5) is 40.2. The van der Waals surface area contributed by atoms with Gasteiger partial charge in [0.1, 0.15) is 34.4 Å². The number of carbonyl (C=O) groups excluding carboxylic acids is 2. The number of halogens is 4. The van der Waals surface area contributed by atoms with E-state index >= 15 is 4.39 Å². The molecule has 2 saturated heterocycles. The number of rotatable bonds is 6. The molecule has 1 aromatic carbocycles. The summed E-state index contributed by atoms with van der Waals surface area (Å²) in [6.07, 6.45) is 1.70. The summed E-state index contributed by atoms with van der Waals surface area (Å²) >= 11 is 0. The lowest BCUT2D eigenvalue weighted by Crippen LogP contribution is -2.41. The van der Waals surface area contributed by atoms with Crippen LogP contribution in [0.5, 0.6) is 5.75 Å². The first-order chi connectivity index (χ1) is 21.1. The fourth-order valence-electron chi connectivity index (χ4n) is 6.06. The molecule has 2 aliphatic heterocycles. The molecule has 1 saturated carbocycles. The topological polar surface area (TPSA) is 128 Å². The third-order valence-corrected chi connectivity index (χ3v) is 8.40. The van der Waals surface area contributed by atoms with Crippen LogP contribution in [0.4, 0.5) is 29.2 Å². The molecule has 228 valence electrons. The Balaban J connectivity index is 1.27. The van der Waals surface area contributed by atoms with Crippen LogP contribution in [0.1, 0.15) is 66.2 Å². The Labute approximate surface area is 248 Å².